The minimum absolute atomic E-state index is 0.566. The van der Waals surface area contributed by atoms with Crippen LogP contribution in [0.1, 0.15) is 29.7 Å². The molecule has 0 saturated carbocycles. The van der Waals surface area contributed by atoms with Crippen molar-refractivity contribution in [1.29, 1.82) is 0 Å². The van der Waals surface area contributed by atoms with Crippen molar-refractivity contribution in [2.75, 3.05) is 0 Å². The van der Waals surface area contributed by atoms with Crippen LogP contribution >= 0.6 is 27.3 Å². The Kier molecular flexibility index (Phi) is 3.92. The van der Waals surface area contributed by atoms with Crippen LogP contribution in [-0.4, -0.2) is 5.11 Å². The Balaban J connectivity index is 2.03. The van der Waals surface area contributed by atoms with E-state index >= 15 is 0 Å². The van der Waals surface area contributed by atoms with Gasteiger partial charge in [0.25, 0.3) is 0 Å². The molecular formula is C17H15BrOS. The van der Waals surface area contributed by atoms with Crippen molar-refractivity contribution >= 4 is 37.4 Å². The molecule has 3 rings (SSSR count). The van der Waals surface area contributed by atoms with Crippen LogP contribution in [0.4, 0.5) is 0 Å². The SMILES string of the molecule is CCc1ccc(C(O)c2csc3c(Br)cccc23)cc1. The molecule has 102 valence electrons. The van der Waals surface area contributed by atoms with Gasteiger partial charge in [-0.25, -0.2) is 0 Å². The molecule has 3 aromatic rings. The summed E-state index contributed by atoms with van der Waals surface area (Å²) in [5, 5.41) is 13.8. The summed E-state index contributed by atoms with van der Waals surface area (Å²) in [5.74, 6) is 0. The lowest BCUT2D eigenvalue weighted by Gasteiger charge is -2.11. The van der Waals surface area contributed by atoms with Crippen molar-refractivity contribution in [1.82, 2.24) is 0 Å². The Morgan fingerprint density at radius 2 is 1.90 bits per heavy atom. The number of fused-ring (bicyclic) bond motifs is 1. The van der Waals surface area contributed by atoms with Gasteiger partial charge in [-0.1, -0.05) is 43.3 Å². The quantitative estimate of drug-likeness (QED) is 0.681. The second kappa shape index (κ2) is 5.68. The van der Waals surface area contributed by atoms with Crippen LogP contribution in [0.15, 0.2) is 52.3 Å². The molecule has 0 amide bonds. The van der Waals surface area contributed by atoms with E-state index in [1.807, 2.05) is 29.6 Å². The van der Waals surface area contributed by atoms with Gasteiger partial charge < -0.3 is 5.11 Å². The molecule has 0 aliphatic rings. The molecule has 0 spiro atoms. The molecule has 2 aromatic carbocycles. The van der Waals surface area contributed by atoms with Crippen molar-refractivity contribution in [3.8, 4) is 0 Å². The fraction of sp³-hybridized carbons (Fsp3) is 0.176. The average Bonchev–Trinajstić information content (AvgIpc) is 2.92. The largest absolute Gasteiger partial charge is 0.384 e. The second-order valence-corrected chi connectivity index (χ2v) is 6.54. The summed E-state index contributed by atoms with van der Waals surface area (Å²) >= 11 is 5.23. The molecule has 0 saturated heterocycles. The molecule has 1 nitrogen and oxygen atoms in total. The molecule has 0 aliphatic heterocycles. The van der Waals surface area contributed by atoms with Gasteiger partial charge >= 0.3 is 0 Å². The molecule has 3 heteroatoms. The molecule has 1 unspecified atom stereocenters. The van der Waals surface area contributed by atoms with Gasteiger partial charge in [0.05, 0.1) is 0 Å². The summed E-state index contributed by atoms with van der Waals surface area (Å²) in [4.78, 5) is 0. The van der Waals surface area contributed by atoms with Crippen molar-refractivity contribution < 1.29 is 5.11 Å². The van der Waals surface area contributed by atoms with E-state index in [2.05, 4.69) is 41.1 Å². The lowest BCUT2D eigenvalue weighted by molar-refractivity contribution is 0.222. The number of halogens is 1. The van der Waals surface area contributed by atoms with Gasteiger partial charge in [0, 0.05) is 14.7 Å². The number of hydrogen-bond donors (Lipinski definition) is 1. The lowest BCUT2D eigenvalue weighted by atomic mass is 9.99. The van der Waals surface area contributed by atoms with Gasteiger partial charge in [0.1, 0.15) is 6.10 Å². The number of hydrogen-bond acceptors (Lipinski definition) is 2. The summed E-state index contributed by atoms with van der Waals surface area (Å²) < 4.78 is 2.27. The normalized spacial score (nSPS) is 12.8. The first-order valence-corrected chi connectivity index (χ1v) is 8.30. The molecule has 0 aliphatic carbocycles. The van der Waals surface area contributed by atoms with E-state index in [0.717, 1.165) is 27.4 Å². The number of aliphatic hydroxyl groups excluding tert-OH is 1. The predicted molar refractivity (Wildman–Crippen MR) is 89.4 cm³/mol. The molecule has 1 heterocycles. The maximum atomic E-state index is 10.6. The lowest BCUT2D eigenvalue weighted by Crippen LogP contribution is -1.98. The van der Waals surface area contributed by atoms with Crippen LogP contribution in [0, 0.1) is 0 Å². The van der Waals surface area contributed by atoms with E-state index in [1.165, 1.54) is 10.3 Å². The van der Waals surface area contributed by atoms with E-state index in [1.54, 1.807) is 11.3 Å². The number of rotatable bonds is 3. The highest BCUT2D eigenvalue weighted by Gasteiger charge is 2.16. The van der Waals surface area contributed by atoms with Crippen molar-refractivity contribution in [3.05, 3.63) is 69.0 Å². The Labute approximate surface area is 131 Å². The van der Waals surface area contributed by atoms with Gasteiger partial charge in [-0.2, -0.15) is 0 Å². The van der Waals surface area contributed by atoms with E-state index in [4.69, 9.17) is 0 Å². The minimum atomic E-state index is -0.566. The number of thiophene rings is 1. The van der Waals surface area contributed by atoms with E-state index in [-0.39, 0.29) is 0 Å². The zero-order chi connectivity index (χ0) is 14.1. The van der Waals surface area contributed by atoms with Gasteiger partial charge in [-0.15, -0.1) is 11.3 Å². The Bertz CT molecular complexity index is 730. The number of aliphatic hydroxyl groups is 1. The Morgan fingerprint density at radius 1 is 1.15 bits per heavy atom. The molecule has 1 N–H and O–H groups in total. The highest BCUT2D eigenvalue weighted by molar-refractivity contribution is 9.10. The Morgan fingerprint density at radius 3 is 2.60 bits per heavy atom. The average molecular weight is 347 g/mol. The van der Waals surface area contributed by atoms with Gasteiger partial charge in [0.2, 0.25) is 0 Å². The zero-order valence-electron chi connectivity index (χ0n) is 11.1. The zero-order valence-corrected chi connectivity index (χ0v) is 13.5. The molecule has 1 aromatic heterocycles. The van der Waals surface area contributed by atoms with Crippen LogP contribution in [0.2, 0.25) is 0 Å². The van der Waals surface area contributed by atoms with Crippen molar-refractivity contribution in [2.24, 2.45) is 0 Å². The molecule has 20 heavy (non-hydrogen) atoms. The standard InChI is InChI=1S/C17H15BrOS/c1-2-11-6-8-12(9-7-11)16(19)14-10-20-17-13(14)4-3-5-15(17)18/h3-10,16,19H,2H2,1H3. The van der Waals surface area contributed by atoms with E-state index in [9.17, 15) is 5.11 Å². The second-order valence-electron chi connectivity index (χ2n) is 4.81. The van der Waals surface area contributed by atoms with Gasteiger partial charge in [-0.3, -0.25) is 0 Å². The molecular weight excluding hydrogens is 332 g/mol. The molecule has 0 fully saturated rings. The first-order chi connectivity index (χ1) is 9.70. The predicted octanol–water partition coefficient (Wildman–Crippen LogP) is 5.31. The third-order valence-corrected chi connectivity index (χ3v) is 5.55. The van der Waals surface area contributed by atoms with E-state index in [0.29, 0.717) is 0 Å². The fourth-order valence-electron chi connectivity index (χ4n) is 2.37. The maximum Gasteiger partial charge on any atom is 0.105 e. The third kappa shape index (κ3) is 2.41. The smallest absolute Gasteiger partial charge is 0.105 e. The highest BCUT2D eigenvalue weighted by Crippen LogP contribution is 2.37. The first-order valence-electron chi connectivity index (χ1n) is 6.63. The Hall–Kier alpha value is -1.16. The first kappa shape index (κ1) is 13.8. The number of benzene rings is 2. The summed E-state index contributed by atoms with van der Waals surface area (Å²) in [6, 6.07) is 14.3. The van der Waals surface area contributed by atoms with Crippen LogP contribution < -0.4 is 0 Å². The molecule has 0 bridgehead atoms. The topological polar surface area (TPSA) is 20.2 Å². The van der Waals surface area contributed by atoms with Crippen LogP contribution in [0.25, 0.3) is 10.1 Å². The third-order valence-electron chi connectivity index (χ3n) is 3.58. The number of aryl methyl sites for hydroxylation is 1. The van der Waals surface area contributed by atoms with Gasteiger partial charge in [0.15, 0.2) is 0 Å². The monoisotopic (exact) mass is 346 g/mol. The summed E-state index contributed by atoms with van der Waals surface area (Å²) in [5.41, 5.74) is 3.22. The summed E-state index contributed by atoms with van der Waals surface area (Å²) in [6.07, 6.45) is 0.453. The van der Waals surface area contributed by atoms with Crippen LogP contribution in [0.5, 0.6) is 0 Å². The van der Waals surface area contributed by atoms with Crippen molar-refractivity contribution in [2.45, 2.75) is 19.4 Å². The molecule has 0 radical (unpaired) electrons. The van der Waals surface area contributed by atoms with Gasteiger partial charge in [-0.05, 0) is 50.3 Å². The summed E-state index contributed by atoms with van der Waals surface area (Å²) in [6.45, 7) is 2.13. The van der Waals surface area contributed by atoms with Crippen LogP contribution in [-0.2, 0) is 6.42 Å². The summed E-state index contributed by atoms with van der Waals surface area (Å²) in [7, 11) is 0. The maximum absolute atomic E-state index is 10.6. The molecule has 1 atom stereocenters. The van der Waals surface area contributed by atoms with Crippen LogP contribution in [0.3, 0.4) is 0 Å². The fourth-order valence-corrected chi connectivity index (χ4v) is 4.01. The minimum Gasteiger partial charge on any atom is -0.384 e. The van der Waals surface area contributed by atoms with E-state index < -0.39 is 6.10 Å². The highest BCUT2D eigenvalue weighted by atomic mass is 79.9. The van der Waals surface area contributed by atoms with Crippen molar-refractivity contribution in [3.63, 3.8) is 0 Å².